The molecular weight excluding hydrogens is 300 g/mol. The van der Waals surface area contributed by atoms with E-state index in [1.807, 2.05) is 0 Å². The van der Waals surface area contributed by atoms with E-state index in [0.717, 1.165) is 17.0 Å². The smallest absolute Gasteiger partial charge is 0.421 e. The van der Waals surface area contributed by atoms with Gasteiger partial charge in [0.15, 0.2) is 0 Å². The third kappa shape index (κ3) is 3.14. The van der Waals surface area contributed by atoms with E-state index in [2.05, 4.69) is 4.74 Å². The van der Waals surface area contributed by atoms with Crippen molar-refractivity contribution in [2.24, 2.45) is 0 Å². The highest BCUT2D eigenvalue weighted by Crippen LogP contribution is 2.25. The highest BCUT2D eigenvalue weighted by Gasteiger charge is 2.39. The maximum atomic E-state index is 12.1. The largest absolute Gasteiger partial charge is 0.480 e. The van der Waals surface area contributed by atoms with Gasteiger partial charge in [-0.15, -0.1) is 0 Å². The van der Waals surface area contributed by atoms with Crippen LogP contribution in [0.25, 0.3) is 0 Å². The first-order valence-electron chi connectivity index (χ1n) is 6.02. The van der Waals surface area contributed by atoms with Gasteiger partial charge < -0.3 is 9.84 Å². The lowest BCUT2D eigenvalue weighted by Crippen LogP contribution is -2.53. The molecule has 0 aromatic heterocycles. The maximum Gasteiger partial charge on any atom is 0.421 e. The van der Waals surface area contributed by atoms with E-state index < -0.39 is 28.3 Å². The van der Waals surface area contributed by atoms with Crippen molar-refractivity contribution in [1.82, 2.24) is 9.03 Å². The zero-order valence-electron chi connectivity index (χ0n) is 11.1. The van der Waals surface area contributed by atoms with Gasteiger partial charge >= 0.3 is 22.3 Å². The van der Waals surface area contributed by atoms with Crippen LogP contribution >= 0.6 is 0 Å². The number of aliphatic carboxylic acids is 1. The summed E-state index contributed by atoms with van der Waals surface area (Å²) in [5.41, 5.74) is 1.47. The summed E-state index contributed by atoms with van der Waals surface area (Å²) in [6.45, 7) is -0.126. The number of rotatable bonds is 3. The van der Waals surface area contributed by atoms with Crippen LogP contribution in [0, 0.1) is 0 Å². The molecule has 1 heterocycles. The normalized spacial score (nSPS) is 18.6. The van der Waals surface area contributed by atoms with E-state index in [0.29, 0.717) is 5.56 Å². The Balaban J connectivity index is 2.37. The molecule has 9 heteroatoms. The number of ether oxygens (including phenoxy) is 1. The molecule has 2 rings (SSSR count). The predicted molar refractivity (Wildman–Crippen MR) is 71.6 cm³/mol. The Bertz CT molecular complexity index is 672. The summed E-state index contributed by atoms with van der Waals surface area (Å²) in [5, 5.41) is 9.24. The topological polar surface area (TPSA) is 113 Å². The molecule has 1 aromatic carbocycles. The molecule has 0 saturated carbocycles. The van der Waals surface area contributed by atoms with Crippen LogP contribution < -0.4 is 4.72 Å². The zero-order valence-corrected chi connectivity index (χ0v) is 12.0. The minimum Gasteiger partial charge on any atom is -0.480 e. The van der Waals surface area contributed by atoms with E-state index in [4.69, 9.17) is 0 Å². The number of amides is 1. The lowest BCUT2D eigenvalue weighted by Gasteiger charge is -2.32. The second-order valence-electron chi connectivity index (χ2n) is 4.47. The first kappa shape index (κ1) is 15.3. The summed E-state index contributed by atoms with van der Waals surface area (Å²) in [6, 6.07) is 5.69. The summed E-state index contributed by atoms with van der Waals surface area (Å²) >= 11 is 0. The van der Waals surface area contributed by atoms with Crippen molar-refractivity contribution in [3.63, 3.8) is 0 Å². The van der Waals surface area contributed by atoms with Gasteiger partial charge in [-0.3, -0.25) is 4.79 Å². The van der Waals surface area contributed by atoms with Crippen molar-refractivity contribution >= 4 is 22.3 Å². The Labute approximate surface area is 121 Å². The number of nitrogens with one attached hydrogen (secondary N) is 1. The summed E-state index contributed by atoms with van der Waals surface area (Å²) in [4.78, 5) is 22.4. The van der Waals surface area contributed by atoms with Crippen LogP contribution in [0.5, 0.6) is 0 Å². The molecule has 0 radical (unpaired) electrons. The van der Waals surface area contributed by atoms with E-state index in [1.54, 1.807) is 29.0 Å². The molecule has 0 fully saturated rings. The van der Waals surface area contributed by atoms with Crippen LogP contribution in [-0.2, 0) is 32.7 Å². The zero-order chi connectivity index (χ0) is 15.6. The molecule has 1 aliphatic heterocycles. The standard InChI is InChI=1S/C12H14N2O6S/c1-20-12(17)13-21(18,19)14-7-9-5-3-2-4-8(9)6-10(14)11(15)16/h2-5,10H,6-7H2,1H3,(H,13,17)(H,15,16). The number of hydrogen-bond donors (Lipinski definition) is 2. The van der Waals surface area contributed by atoms with Gasteiger partial charge in [0.05, 0.1) is 7.11 Å². The number of benzene rings is 1. The minimum absolute atomic E-state index is 0.0353. The van der Waals surface area contributed by atoms with E-state index in [1.165, 1.54) is 0 Å². The summed E-state index contributed by atoms with van der Waals surface area (Å²) in [5.74, 6) is -1.28. The Morgan fingerprint density at radius 3 is 2.52 bits per heavy atom. The first-order valence-corrected chi connectivity index (χ1v) is 7.46. The molecule has 1 atom stereocenters. The molecule has 8 nitrogen and oxygen atoms in total. The number of nitrogens with zero attached hydrogens (tertiary/aromatic N) is 1. The van der Waals surface area contributed by atoms with E-state index in [9.17, 15) is 23.1 Å². The van der Waals surface area contributed by atoms with Crippen LogP contribution in [-0.4, -0.2) is 43.0 Å². The molecule has 2 N–H and O–H groups in total. The number of methoxy groups -OCH3 is 1. The van der Waals surface area contributed by atoms with Crippen molar-refractivity contribution in [1.29, 1.82) is 0 Å². The molecular formula is C12H14N2O6S. The van der Waals surface area contributed by atoms with Crippen LogP contribution in [0.15, 0.2) is 24.3 Å². The van der Waals surface area contributed by atoms with Crippen LogP contribution in [0.3, 0.4) is 0 Å². The number of fused-ring (bicyclic) bond motifs is 1. The number of carbonyl (C=O) groups is 2. The molecule has 1 unspecified atom stereocenters. The molecule has 1 amide bonds. The summed E-state index contributed by atoms with van der Waals surface area (Å²) in [7, 11) is -3.28. The highest BCUT2D eigenvalue weighted by atomic mass is 32.2. The predicted octanol–water partition coefficient (Wildman–Crippen LogP) is 0.0987. The second-order valence-corrected chi connectivity index (χ2v) is 6.09. The first-order chi connectivity index (χ1) is 9.85. The van der Waals surface area contributed by atoms with E-state index in [-0.39, 0.29) is 13.0 Å². The molecule has 0 aliphatic carbocycles. The average molecular weight is 314 g/mol. The van der Waals surface area contributed by atoms with Gasteiger partial charge in [0.25, 0.3) is 0 Å². The number of carboxylic acid groups (broad SMARTS) is 1. The molecule has 1 aliphatic rings. The Kier molecular flexibility index (Phi) is 4.14. The van der Waals surface area contributed by atoms with Gasteiger partial charge in [-0.05, 0) is 11.1 Å². The Hall–Kier alpha value is -2.13. The maximum absolute atomic E-state index is 12.1. The number of carbonyl (C=O) groups excluding carboxylic acids is 1. The van der Waals surface area contributed by atoms with Crippen molar-refractivity contribution in [2.45, 2.75) is 19.0 Å². The molecule has 114 valence electrons. The Morgan fingerprint density at radius 1 is 1.33 bits per heavy atom. The quantitative estimate of drug-likeness (QED) is 0.818. The Morgan fingerprint density at radius 2 is 1.95 bits per heavy atom. The SMILES string of the molecule is COC(=O)NS(=O)(=O)N1Cc2ccccc2CC1C(=O)O. The minimum atomic E-state index is -4.30. The fraction of sp³-hybridized carbons (Fsp3) is 0.333. The number of hydrogen-bond acceptors (Lipinski definition) is 5. The van der Waals surface area contributed by atoms with Gasteiger partial charge in [-0.2, -0.15) is 12.7 Å². The monoisotopic (exact) mass is 314 g/mol. The molecule has 0 saturated heterocycles. The third-order valence-electron chi connectivity index (χ3n) is 3.20. The summed E-state index contributed by atoms with van der Waals surface area (Å²) in [6.07, 6.45) is -1.13. The van der Waals surface area contributed by atoms with Gasteiger partial charge in [0.2, 0.25) is 0 Å². The second kappa shape index (κ2) is 5.70. The molecule has 0 spiro atoms. The van der Waals surface area contributed by atoms with Gasteiger partial charge in [-0.25, -0.2) is 9.52 Å². The fourth-order valence-corrected chi connectivity index (χ4v) is 3.39. The molecule has 1 aromatic rings. The van der Waals surface area contributed by atoms with Crippen LogP contribution in [0.2, 0.25) is 0 Å². The van der Waals surface area contributed by atoms with E-state index >= 15 is 0 Å². The number of carboxylic acids is 1. The lowest BCUT2D eigenvalue weighted by molar-refractivity contribution is -0.141. The molecule has 21 heavy (non-hydrogen) atoms. The average Bonchev–Trinajstić information content (AvgIpc) is 2.45. The van der Waals surface area contributed by atoms with Gasteiger partial charge in [0.1, 0.15) is 6.04 Å². The molecule has 0 bridgehead atoms. The van der Waals surface area contributed by atoms with Crippen molar-refractivity contribution in [3.05, 3.63) is 35.4 Å². The van der Waals surface area contributed by atoms with Gasteiger partial charge in [0, 0.05) is 13.0 Å². The third-order valence-corrected chi connectivity index (χ3v) is 4.62. The van der Waals surface area contributed by atoms with Crippen molar-refractivity contribution < 1.29 is 27.9 Å². The summed E-state index contributed by atoms with van der Waals surface area (Å²) < 4.78 is 30.9. The van der Waals surface area contributed by atoms with Crippen molar-refractivity contribution in [3.8, 4) is 0 Å². The highest BCUT2D eigenvalue weighted by molar-refractivity contribution is 7.87. The fourth-order valence-electron chi connectivity index (χ4n) is 2.17. The lowest BCUT2D eigenvalue weighted by atomic mass is 9.96. The van der Waals surface area contributed by atoms with Crippen LogP contribution in [0.4, 0.5) is 4.79 Å². The van der Waals surface area contributed by atoms with Crippen LogP contribution in [0.1, 0.15) is 11.1 Å². The van der Waals surface area contributed by atoms with Crippen molar-refractivity contribution in [2.75, 3.05) is 7.11 Å². The van der Waals surface area contributed by atoms with Gasteiger partial charge in [-0.1, -0.05) is 24.3 Å².